The summed E-state index contributed by atoms with van der Waals surface area (Å²) in [6.07, 6.45) is 3.99. The Morgan fingerprint density at radius 1 is 1.37 bits per heavy atom. The summed E-state index contributed by atoms with van der Waals surface area (Å²) < 4.78 is 18.5. The molecule has 2 aromatic rings. The molecule has 1 aromatic carbocycles. The van der Waals surface area contributed by atoms with Crippen LogP contribution in [0.25, 0.3) is 11.5 Å². The molecule has 102 valence electrons. The normalized spacial score (nSPS) is 11.2. The highest BCUT2D eigenvalue weighted by atomic mass is 19.1. The van der Waals surface area contributed by atoms with E-state index in [0.717, 1.165) is 18.8 Å². The molecule has 3 nitrogen and oxygen atoms in total. The quantitative estimate of drug-likeness (QED) is 0.794. The average Bonchev–Trinajstić information content (AvgIpc) is 2.85. The molecule has 0 N–H and O–H groups in total. The van der Waals surface area contributed by atoms with Crippen LogP contribution in [-0.2, 0) is 6.54 Å². The molecule has 0 saturated carbocycles. The fraction of sp³-hybridized carbons (Fsp3) is 0.400. The topological polar surface area (TPSA) is 29.3 Å². The third-order valence-corrected chi connectivity index (χ3v) is 2.95. The molecular formula is C15H19FN2O. The largest absolute Gasteiger partial charge is 0.444 e. The van der Waals surface area contributed by atoms with Crippen molar-refractivity contribution in [2.24, 2.45) is 0 Å². The SMILES string of the molecule is CCCCN(C)Cc1coc(-c2cccc(F)c2)n1. The predicted molar refractivity (Wildman–Crippen MR) is 73.1 cm³/mol. The fourth-order valence-corrected chi connectivity index (χ4v) is 1.92. The molecule has 0 fully saturated rings. The summed E-state index contributed by atoms with van der Waals surface area (Å²) in [6, 6.07) is 6.28. The lowest BCUT2D eigenvalue weighted by Crippen LogP contribution is -2.19. The van der Waals surface area contributed by atoms with Crippen molar-refractivity contribution in [1.29, 1.82) is 0 Å². The Morgan fingerprint density at radius 2 is 2.21 bits per heavy atom. The van der Waals surface area contributed by atoms with Crippen LogP contribution in [0.1, 0.15) is 25.5 Å². The summed E-state index contributed by atoms with van der Waals surface area (Å²) in [6.45, 7) is 3.96. The van der Waals surface area contributed by atoms with Gasteiger partial charge in [0.15, 0.2) is 0 Å². The minimum absolute atomic E-state index is 0.280. The van der Waals surface area contributed by atoms with E-state index in [2.05, 4.69) is 23.9 Å². The number of aromatic nitrogens is 1. The summed E-state index contributed by atoms with van der Waals surface area (Å²) in [5.41, 5.74) is 1.54. The highest BCUT2D eigenvalue weighted by Gasteiger charge is 2.09. The van der Waals surface area contributed by atoms with Crippen LogP contribution in [0.2, 0.25) is 0 Å². The third kappa shape index (κ3) is 3.89. The molecule has 19 heavy (non-hydrogen) atoms. The lowest BCUT2D eigenvalue weighted by atomic mass is 10.2. The van der Waals surface area contributed by atoms with Crippen molar-refractivity contribution in [2.45, 2.75) is 26.3 Å². The highest BCUT2D eigenvalue weighted by Crippen LogP contribution is 2.19. The summed E-state index contributed by atoms with van der Waals surface area (Å²) >= 11 is 0. The molecule has 1 aromatic heterocycles. The van der Waals surface area contributed by atoms with E-state index in [9.17, 15) is 4.39 Å². The van der Waals surface area contributed by atoms with E-state index in [1.165, 1.54) is 25.0 Å². The van der Waals surface area contributed by atoms with E-state index in [1.807, 2.05) is 0 Å². The van der Waals surface area contributed by atoms with E-state index in [4.69, 9.17) is 4.42 Å². The van der Waals surface area contributed by atoms with Crippen LogP contribution >= 0.6 is 0 Å². The van der Waals surface area contributed by atoms with Gasteiger partial charge in [-0.2, -0.15) is 0 Å². The molecule has 0 atom stereocenters. The van der Waals surface area contributed by atoms with E-state index in [-0.39, 0.29) is 5.82 Å². The van der Waals surface area contributed by atoms with Gasteiger partial charge in [-0.15, -0.1) is 0 Å². The van der Waals surface area contributed by atoms with E-state index in [0.29, 0.717) is 11.5 Å². The van der Waals surface area contributed by atoms with Gasteiger partial charge in [-0.05, 0) is 38.2 Å². The third-order valence-electron chi connectivity index (χ3n) is 2.95. The fourth-order valence-electron chi connectivity index (χ4n) is 1.92. The van der Waals surface area contributed by atoms with Crippen LogP contribution in [0, 0.1) is 5.82 Å². The Bertz CT molecular complexity index is 524. The van der Waals surface area contributed by atoms with Gasteiger partial charge in [0.05, 0.1) is 5.69 Å². The Balaban J connectivity index is 2.03. The minimum atomic E-state index is -0.280. The lowest BCUT2D eigenvalue weighted by molar-refractivity contribution is 0.316. The molecule has 0 aliphatic rings. The van der Waals surface area contributed by atoms with Crippen LogP contribution in [0.4, 0.5) is 4.39 Å². The van der Waals surface area contributed by atoms with Gasteiger partial charge in [0.2, 0.25) is 5.89 Å². The maximum Gasteiger partial charge on any atom is 0.226 e. The maximum atomic E-state index is 13.1. The number of benzene rings is 1. The number of unbranched alkanes of at least 4 members (excludes halogenated alkanes) is 1. The second kappa shape index (κ2) is 6.48. The number of halogens is 1. The van der Waals surface area contributed by atoms with Gasteiger partial charge >= 0.3 is 0 Å². The number of hydrogen-bond acceptors (Lipinski definition) is 3. The molecule has 0 saturated heterocycles. The summed E-state index contributed by atoms with van der Waals surface area (Å²) in [7, 11) is 2.06. The molecule has 0 radical (unpaired) electrons. The Hall–Kier alpha value is -1.68. The Kier molecular flexibility index (Phi) is 4.68. The lowest BCUT2D eigenvalue weighted by Gasteiger charge is -2.13. The average molecular weight is 262 g/mol. The van der Waals surface area contributed by atoms with Crippen LogP contribution in [0.15, 0.2) is 34.9 Å². The zero-order valence-corrected chi connectivity index (χ0v) is 11.4. The van der Waals surface area contributed by atoms with Crippen molar-refractivity contribution in [1.82, 2.24) is 9.88 Å². The smallest absolute Gasteiger partial charge is 0.226 e. The second-order valence-electron chi connectivity index (χ2n) is 4.75. The molecule has 0 aliphatic heterocycles. The zero-order chi connectivity index (χ0) is 13.7. The number of rotatable bonds is 6. The first-order chi connectivity index (χ1) is 9.19. The van der Waals surface area contributed by atoms with Gasteiger partial charge in [-0.25, -0.2) is 9.37 Å². The van der Waals surface area contributed by atoms with Crippen LogP contribution < -0.4 is 0 Å². The number of hydrogen-bond donors (Lipinski definition) is 0. The van der Waals surface area contributed by atoms with Gasteiger partial charge in [0, 0.05) is 12.1 Å². The number of nitrogens with zero attached hydrogens (tertiary/aromatic N) is 2. The molecule has 4 heteroatoms. The molecule has 2 rings (SSSR count). The van der Waals surface area contributed by atoms with Gasteiger partial charge in [-0.3, -0.25) is 0 Å². The molecular weight excluding hydrogens is 243 g/mol. The monoisotopic (exact) mass is 262 g/mol. The van der Waals surface area contributed by atoms with Crippen molar-refractivity contribution < 1.29 is 8.81 Å². The maximum absolute atomic E-state index is 13.1. The molecule has 0 amide bonds. The van der Waals surface area contributed by atoms with Crippen molar-refractivity contribution >= 4 is 0 Å². The van der Waals surface area contributed by atoms with Crippen molar-refractivity contribution in [2.75, 3.05) is 13.6 Å². The first-order valence-corrected chi connectivity index (χ1v) is 6.58. The number of oxazole rings is 1. The standard InChI is InChI=1S/C15H19FN2O/c1-3-4-8-18(2)10-14-11-19-15(17-14)12-6-5-7-13(16)9-12/h5-7,9,11H,3-4,8,10H2,1-2H3. The first-order valence-electron chi connectivity index (χ1n) is 6.58. The Morgan fingerprint density at radius 3 is 2.95 bits per heavy atom. The van der Waals surface area contributed by atoms with E-state index in [1.54, 1.807) is 18.4 Å². The highest BCUT2D eigenvalue weighted by molar-refractivity contribution is 5.52. The van der Waals surface area contributed by atoms with Crippen molar-refractivity contribution in [3.63, 3.8) is 0 Å². The van der Waals surface area contributed by atoms with Gasteiger partial charge in [0.1, 0.15) is 12.1 Å². The minimum Gasteiger partial charge on any atom is -0.444 e. The van der Waals surface area contributed by atoms with Crippen LogP contribution in [-0.4, -0.2) is 23.5 Å². The molecule has 1 heterocycles. The molecule has 0 aliphatic carbocycles. The zero-order valence-electron chi connectivity index (χ0n) is 11.4. The van der Waals surface area contributed by atoms with Crippen LogP contribution in [0.3, 0.4) is 0 Å². The van der Waals surface area contributed by atoms with E-state index < -0.39 is 0 Å². The molecule has 0 spiro atoms. The van der Waals surface area contributed by atoms with E-state index >= 15 is 0 Å². The van der Waals surface area contributed by atoms with Crippen molar-refractivity contribution in [3.05, 3.63) is 42.0 Å². The molecule has 0 bridgehead atoms. The van der Waals surface area contributed by atoms with Crippen molar-refractivity contribution in [3.8, 4) is 11.5 Å². The Labute approximate surface area is 113 Å². The summed E-state index contributed by atoms with van der Waals surface area (Å²) in [4.78, 5) is 6.60. The summed E-state index contributed by atoms with van der Waals surface area (Å²) in [5, 5.41) is 0. The first kappa shape index (κ1) is 13.7. The van der Waals surface area contributed by atoms with Gasteiger partial charge in [-0.1, -0.05) is 19.4 Å². The molecule has 0 unspecified atom stereocenters. The van der Waals surface area contributed by atoms with Gasteiger partial charge in [0.25, 0.3) is 0 Å². The second-order valence-corrected chi connectivity index (χ2v) is 4.75. The van der Waals surface area contributed by atoms with Crippen LogP contribution in [0.5, 0.6) is 0 Å². The summed E-state index contributed by atoms with van der Waals surface area (Å²) in [5.74, 6) is 0.190. The predicted octanol–water partition coefficient (Wildman–Crippen LogP) is 3.71. The van der Waals surface area contributed by atoms with Gasteiger partial charge < -0.3 is 9.32 Å².